The Morgan fingerprint density at radius 1 is 1.11 bits per heavy atom. The van der Waals surface area contributed by atoms with Crippen LogP contribution in [0.3, 0.4) is 0 Å². The second-order valence-corrected chi connectivity index (χ2v) is 4.33. The maximum absolute atomic E-state index is 12.1. The van der Waals surface area contributed by atoms with Crippen LogP contribution in [0.1, 0.15) is 24.2 Å². The quantitative estimate of drug-likeness (QED) is 0.641. The summed E-state index contributed by atoms with van der Waals surface area (Å²) in [7, 11) is 2.94. The highest BCUT2D eigenvalue weighted by atomic mass is 16.5. The third-order valence-electron chi connectivity index (χ3n) is 2.75. The zero-order valence-corrected chi connectivity index (χ0v) is 10.8. The molecule has 0 aliphatic heterocycles. The molecule has 1 aromatic carbocycles. The highest BCUT2D eigenvalue weighted by molar-refractivity contribution is 6.11. The van der Waals surface area contributed by atoms with Gasteiger partial charge in [-0.25, -0.2) is 0 Å². The number of rotatable bonds is 5. The molecule has 0 unspecified atom stereocenters. The lowest BCUT2D eigenvalue weighted by molar-refractivity contribution is -0.144. The van der Waals surface area contributed by atoms with Gasteiger partial charge in [-0.2, -0.15) is 0 Å². The molecule has 5 nitrogen and oxygen atoms in total. The van der Waals surface area contributed by atoms with Crippen molar-refractivity contribution in [1.82, 2.24) is 0 Å². The van der Waals surface area contributed by atoms with Crippen molar-refractivity contribution < 1.29 is 24.2 Å². The second-order valence-electron chi connectivity index (χ2n) is 4.33. The second kappa shape index (κ2) is 5.08. The predicted octanol–water partition coefficient (Wildman–Crippen LogP) is 2.00. The molecule has 1 aromatic rings. The first-order valence-corrected chi connectivity index (χ1v) is 5.34. The molecule has 0 heterocycles. The lowest BCUT2D eigenvalue weighted by atomic mass is 9.84. The van der Waals surface area contributed by atoms with Crippen molar-refractivity contribution in [2.45, 2.75) is 13.8 Å². The Bertz CT molecular complexity index is 476. The van der Waals surface area contributed by atoms with Crippen LogP contribution in [0.4, 0.5) is 0 Å². The molecule has 5 heteroatoms. The summed E-state index contributed by atoms with van der Waals surface area (Å²) in [6.45, 7) is 2.74. The van der Waals surface area contributed by atoms with Gasteiger partial charge in [0.05, 0.1) is 14.2 Å². The number of carboxylic acid groups (broad SMARTS) is 1. The molecule has 0 aliphatic rings. The maximum Gasteiger partial charge on any atom is 0.316 e. The van der Waals surface area contributed by atoms with Crippen LogP contribution >= 0.6 is 0 Å². The monoisotopic (exact) mass is 252 g/mol. The van der Waals surface area contributed by atoms with E-state index in [1.54, 1.807) is 6.07 Å². The summed E-state index contributed by atoms with van der Waals surface area (Å²) in [6.07, 6.45) is 0. The smallest absolute Gasteiger partial charge is 0.316 e. The highest BCUT2D eigenvalue weighted by Gasteiger charge is 2.36. The number of carbonyl (C=O) groups excluding carboxylic acids is 1. The van der Waals surface area contributed by atoms with E-state index < -0.39 is 17.2 Å². The van der Waals surface area contributed by atoms with Crippen molar-refractivity contribution in [3.63, 3.8) is 0 Å². The van der Waals surface area contributed by atoms with Gasteiger partial charge in [0, 0.05) is 5.56 Å². The zero-order chi connectivity index (χ0) is 13.9. The Balaban J connectivity index is 3.19. The summed E-state index contributed by atoms with van der Waals surface area (Å²) in [6, 6.07) is 4.57. The van der Waals surface area contributed by atoms with Crippen molar-refractivity contribution in [3.05, 3.63) is 23.8 Å². The van der Waals surface area contributed by atoms with Gasteiger partial charge in [-0.1, -0.05) is 0 Å². The molecule has 0 amide bonds. The van der Waals surface area contributed by atoms with Gasteiger partial charge < -0.3 is 14.6 Å². The van der Waals surface area contributed by atoms with Crippen LogP contribution in [0.2, 0.25) is 0 Å². The van der Waals surface area contributed by atoms with Crippen LogP contribution in [0.15, 0.2) is 18.2 Å². The van der Waals surface area contributed by atoms with Crippen molar-refractivity contribution in [1.29, 1.82) is 0 Å². The molecule has 0 fully saturated rings. The summed E-state index contributed by atoms with van der Waals surface area (Å²) in [5.41, 5.74) is -1.19. The minimum absolute atomic E-state index is 0.278. The van der Waals surface area contributed by atoms with Gasteiger partial charge in [0.15, 0.2) is 17.3 Å². The van der Waals surface area contributed by atoms with E-state index in [0.717, 1.165) is 0 Å². The van der Waals surface area contributed by atoms with Gasteiger partial charge >= 0.3 is 5.97 Å². The molecular weight excluding hydrogens is 236 g/mol. The number of hydrogen-bond acceptors (Lipinski definition) is 4. The molecule has 0 saturated heterocycles. The lowest BCUT2D eigenvalue weighted by Gasteiger charge is -2.18. The number of Topliss-reactive ketones (excluding diaryl/α,β-unsaturated/α-hetero) is 1. The molecule has 0 saturated carbocycles. The van der Waals surface area contributed by atoms with E-state index in [1.807, 2.05) is 0 Å². The standard InChI is InChI=1S/C13H16O5/c1-13(2,12(15)16)11(14)8-5-6-9(17-3)10(7-8)18-4/h5-7H,1-4H3,(H,15,16). The molecule has 0 bridgehead atoms. The van der Waals surface area contributed by atoms with E-state index in [-0.39, 0.29) is 5.56 Å². The topological polar surface area (TPSA) is 72.8 Å². The number of ether oxygens (including phenoxy) is 2. The van der Waals surface area contributed by atoms with Gasteiger partial charge in [0.1, 0.15) is 5.41 Å². The number of carboxylic acids is 1. The molecule has 98 valence electrons. The largest absolute Gasteiger partial charge is 0.493 e. The van der Waals surface area contributed by atoms with Crippen molar-refractivity contribution >= 4 is 11.8 Å². The summed E-state index contributed by atoms with van der Waals surface area (Å²) in [5, 5.41) is 9.02. The van der Waals surface area contributed by atoms with E-state index in [9.17, 15) is 9.59 Å². The number of methoxy groups -OCH3 is 2. The number of benzene rings is 1. The number of ketones is 1. The first-order chi connectivity index (χ1) is 8.34. The summed E-state index contributed by atoms with van der Waals surface area (Å²) < 4.78 is 10.1. The summed E-state index contributed by atoms with van der Waals surface area (Å²) in [5.74, 6) is -0.759. The molecule has 1 N–H and O–H groups in total. The van der Waals surface area contributed by atoms with E-state index in [2.05, 4.69) is 0 Å². The molecule has 0 aliphatic carbocycles. The predicted molar refractivity (Wildman–Crippen MR) is 65.3 cm³/mol. The van der Waals surface area contributed by atoms with Crippen LogP contribution in [0, 0.1) is 5.41 Å². The first-order valence-electron chi connectivity index (χ1n) is 5.34. The van der Waals surface area contributed by atoms with Crippen LogP contribution < -0.4 is 9.47 Å². The van der Waals surface area contributed by atoms with Crippen molar-refractivity contribution in [2.24, 2.45) is 5.41 Å². The number of carbonyl (C=O) groups is 2. The third kappa shape index (κ3) is 2.45. The fourth-order valence-electron chi connectivity index (χ4n) is 1.44. The summed E-state index contributed by atoms with van der Waals surface area (Å²) in [4.78, 5) is 23.1. The van der Waals surface area contributed by atoms with Gasteiger partial charge in [0.25, 0.3) is 0 Å². The number of aliphatic carboxylic acids is 1. The van der Waals surface area contributed by atoms with E-state index in [1.165, 1.54) is 40.2 Å². The average Bonchev–Trinajstić information content (AvgIpc) is 2.36. The van der Waals surface area contributed by atoms with Gasteiger partial charge in [0.2, 0.25) is 0 Å². The van der Waals surface area contributed by atoms with Crippen LogP contribution in [0.25, 0.3) is 0 Å². The van der Waals surface area contributed by atoms with Gasteiger partial charge in [-0.3, -0.25) is 9.59 Å². The Morgan fingerprint density at radius 3 is 2.11 bits per heavy atom. The van der Waals surface area contributed by atoms with Gasteiger partial charge in [-0.15, -0.1) is 0 Å². The fourth-order valence-corrected chi connectivity index (χ4v) is 1.44. The summed E-state index contributed by atoms with van der Waals surface area (Å²) >= 11 is 0. The maximum atomic E-state index is 12.1. The van der Waals surface area contributed by atoms with Crippen LogP contribution in [-0.2, 0) is 4.79 Å². The Labute approximate surface area is 105 Å². The molecule has 0 aromatic heterocycles. The Morgan fingerprint density at radius 2 is 1.67 bits per heavy atom. The highest BCUT2D eigenvalue weighted by Crippen LogP contribution is 2.30. The van der Waals surface area contributed by atoms with E-state index in [0.29, 0.717) is 11.5 Å². The number of hydrogen-bond donors (Lipinski definition) is 1. The molecular formula is C13H16O5. The Kier molecular flexibility index (Phi) is 3.96. The lowest BCUT2D eigenvalue weighted by Crippen LogP contribution is -2.33. The molecule has 1 rings (SSSR count). The van der Waals surface area contributed by atoms with Crippen molar-refractivity contribution in [3.8, 4) is 11.5 Å². The first kappa shape index (κ1) is 14.0. The van der Waals surface area contributed by atoms with E-state index in [4.69, 9.17) is 14.6 Å². The Hall–Kier alpha value is -2.04. The zero-order valence-electron chi connectivity index (χ0n) is 10.8. The SMILES string of the molecule is COc1ccc(C(=O)C(C)(C)C(=O)O)cc1OC. The molecule has 0 atom stereocenters. The third-order valence-corrected chi connectivity index (χ3v) is 2.75. The normalized spacial score (nSPS) is 10.9. The molecule has 18 heavy (non-hydrogen) atoms. The molecule has 0 spiro atoms. The van der Waals surface area contributed by atoms with Crippen LogP contribution in [0.5, 0.6) is 11.5 Å². The fraction of sp³-hybridized carbons (Fsp3) is 0.385. The van der Waals surface area contributed by atoms with Crippen LogP contribution in [-0.4, -0.2) is 31.1 Å². The van der Waals surface area contributed by atoms with Crippen molar-refractivity contribution in [2.75, 3.05) is 14.2 Å². The molecule has 0 radical (unpaired) electrons. The minimum Gasteiger partial charge on any atom is -0.493 e. The average molecular weight is 252 g/mol. The van der Waals surface area contributed by atoms with Gasteiger partial charge in [-0.05, 0) is 32.0 Å². The minimum atomic E-state index is -1.47. The van der Waals surface area contributed by atoms with E-state index >= 15 is 0 Å².